The molecule has 2 aliphatic rings. The minimum Gasteiger partial charge on any atom is -0.342 e. The van der Waals surface area contributed by atoms with Crippen molar-refractivity contribution in [2.75, 3.05) is 19.3 Å². The van der Waals surface area contributed by atoms with Gasteiger partial charge in [-0.25, -0.2) is 0 Å². The van der Waals surface area contributed by atoms with Crippen LogP contribution in [0.25, 0.3) is 0 Å². The molecular formula is C14H22N2OS. The molecule has 0 N–H and O–H groups in total. The lowest BCUT2D eigenvalue weighted by molar-refractivity contribution is -0.137. The van der Waals surface area contributed by atoms with Gasteiger partial charge in [0.05, 0.1) is 6.07 Å². The summed E-state index contributed by atoms with van der Waals surface area (Å²) in [4.78, 5) is 14.4. The largest absolute Gasteiger partial charge is 0.342 e. The van der Waals surface area contributed by atoms with E-state index in [-0.39, 0.29) is 10.7 Å². The van der Waals surface area contributed by atoms with Gasteiger partial charge in [0.1, 0.15) is 4.75 Å². The predicted molar refractivity (Wildman–Crippen MR) is 74.2 cm³/mol. The summed E-state index contributed by atoms with van der Waals surface area (Å²) in [6.07, 6.45) is 9.48. The first-order valence-electron chi connectivity index (χ1n) is 6.96. The summed E-state index contributed by atoms with van der Waals surface area (Å²) in [7, 11) is 0. The molecule has 4 heteroatoms. The molecule has 2 rings (SSSR count). The fourth-order valence-corrected chi connectivity index (χ4v) is 3.74. The van der Waals surface area contributed by atoms with E-state index in [0.29, 0.717) is 5.91 Å². The third-order valence-electron chi connectivity index (χ3n) is 4.43. The highest BCUT2D eigenvalue weighted by atomic mass is 32.2. The number of carbonyl (C=O) groups excluding carboxylic acids is 1. The number of hydrogen-bond donors (Lipinski definition) is 0. The highest BCUT2D eigenvalue weighted by Gasteiger charge is 2.37. The Labute approximate surface area is 114 Å². The van der Waals surface area contributed by atoms with E-state index in [9.17, 15) is 10.1 Å². The highest BCUT2D eigenvalue weighted by Crippen LogP contribution is 2.35. The molecule has 0 unspecified atom stereocenters. The SMILES string of the molecule is CSC1(C#N)CCN(C(=O)C2CCCCC2)CC1. The van der Waals surface area contributed by atoms with Crippen LogP contribution < -0.4 is 0 Å². The molecule has 100 valence electrons. The van der Waals surface area contributed by atoms with Crippen molar-refractivity contribution in [3.05, 3.63) is 0 Å². The minimum atomic E-state index is -0.247. The lowest BCUT2D eigenvalue weighted by atomic mass is 9.87. The van der Waals surface area contributed by atoms with Crippen molar-refractivity contribution in [3.63, 3.8) is 0 Å². The molecule has 0 spiro atoms. The van der Waals surface area contributed by atoms with Crippen LogP contribution >= 0.6 is 11.8 Å². The molecule has 1 saturated carbocycles. The summed E-state index contributed by atoms with van der Waals surface area (Å²) in [6.45, 7) is 1.54. The quantitative estimate of drug-likeness (QED) is 0.772. The maximum Gasteiger partial charge on any atom is 0.225 e. The first-order valence-corrected chi connectivity index (χ1v) is 8.18. The smallest absolute Gasteiger partial charge is 0.225 e. The Bertz CT molecular complexity index is 336. The second-order valence-electron chi connectivity index (χ2n) is 5.47. The standard InChI is InChI=1S/C14H22N2OS/c1-18-14(11-15)7-9-16(10-8-14)13(17)12-5-3-2-4-6-12/h12H,2-10H2,1H3. The molecule has 1 aliphatic carbocycles. The third-order valence-corrected chi connectivity index (χ3v) is 5.71. The van der Waals surface area contributed by atoms with E-state index in [1.807, 2.05) is 11.2 Å². The van der Waals surface area contributed by atoms with E-state index in [1.165, 1.54) is 19.3 Å². The molecule has 0 aromatic carbocycles. The van der Waals surface area contributed by atoms with E-state index in [1.54, 1.807) is 11.8 Å². The van der Waals surface area contributed by atoms with Crippen LogP contribution in [-0.4, -0.2) is 34.9 Å². The van der Waals surface area contributed by atoms with Crippen LogP contribution in [0.15, 0.2) is 0 Å². The molecule has 1 heterocycles. The number of rotatable bonds is 2. The monoisotopic (exact) mass is 266 g/mol. The molecule has 2 fully saturated rings. The van der Waals surface area contributed by atoms with Crippen molar-refractivity contribution in [3.8, 4) is 6.07 Å². The number of carbonyl (C=O) groups is 1. The molecule has 0 atom stereocenters. The van der Waals surface area contributed by atoms with Gasteiger partial charge in [-0.05, 0) is 31.9 Å². The maximum atomic E-state index is 12.4. The molecule has 0 aromatic rings. The molecule has 1 amide bonds. The van der Waals surface area contributed by atoms with Gasteiger partial charge in [0, 0.05) is 19.0 Å². The summed E-state index contributed by atoms with van der Waals surface area (Å²) < 4.78 is -0.247. The van der Waals surface area contributed by atoms with Crippen molar-refractivity contribution in [2.45, 2.75) is 49.7 Å². The topological polar surface area (TPSA) is 44.1 Å². The van der Waals surface area contributed by atoms with Gasteiger partial charge in [0.25, 0.3) is 0 Å². The fourth-order valence-electron chi connectivity index (χ4n) is 3.06. The van der Waals surface area contributed by atoms with Crippen LogP contribution in [0.4, 0.5) is 0 Å². The normalized spacial score (nSPS) is 24.6. The van der Waals surface area contributed by atoms with Crippen LogP contribution in [0.1, 0.15) is 44.9 Å². The zero-order valence-electron chi connectivity index (χ0n) is 11.2. The molecule has 1 saturated heterocycles. The fraction of sp³-hybridized carbons (Fsp3) is 0.857. The number of nitrogens with zero attached hydrogens (tertiary/aromatic N) is 2. The molecule has 3 nitrogen and oxygen atoms in total. The maximum absolute atomic E-state index is 12.4. The molecule has 0 radical (unpaired) electrons. The molecular weight excluding hydrogens is 244 g/mol. The average molecular weight is 266 g/mol. The summed E-state index contributed by atoms with van der Waals surface area (Å²) in [6, 6.07) is 2.43. The van der Waals surface area contributed by atoms with Crippen LogP contribution in [0.2, 0.25) is 0 Å². The van der Waals surface area contributed by atoms with Crippen molar-refractivity contribution in [1.29, 1.82) is 5.26 Å². The van der Waals surface area contributed by atoms with E-state index >= 15 is 0 Å². The Balaban J connectivity index is 1.89. The van der Waals surface area contributed by atoms with E-state index < -0.39 is 0 Å². The Morgan fingerprint density at radius 1 is 1.28 bits per heavy atom. The van der Waals surface area contributed by atoms with Crippen molar-refractivity contribution in [1.82, 2.24) is 4.90 Å². The summed E-state index contributed by atoms with van der Waals surface area (Å²) in [5, 5.41) is 9.24. The Kier molecular flexibility index (Phi) is 4.55. The highest BCUT2D eigenvalue weighted by molar-refractivity contribution is 8.00. The molecule has 1 aliphatic heterocycles. The van der Waals surface area contributed by atoms with E-state index in [2.05, 4.69) is 6.07 Å². The van der Waals surface area contributed by atoms with Crippen LogP contribution in [0.5, 0.6) is 0 Å². The molecule has 0 aromatic heterocycles. The average Bonchev–Trinajstić information content (AvgIpc) is 2.47. The minimum absolute atomic E-state index is 0.247. The first-order chi connectivity index (χ1) is 8.71. The number of likely N-dealkylation sites (tertiary alicyclic amines) is 1. The lowest BCUT2D eigenvalue weighted by Gasteiger charge is -2.38. The van der Waals surface area contributed by atoms with Crippen molar-refractivity contribution in [2.24, 2.45) is 5.92 Å². The van der Waals surface area contributed by atoms with Gasteiger partial charge in [-0.2, -0.15) is 5.26 Å². The van der Waals surface area contributed by atoms with Gasteiger partial charge in [0.15, 0.2) is 0 Å². The van der Waals surface area contributed by atoms with Gasteiger partial charge >= 0.3 is 0 Å². The predicted octanol–water partition coefficient (Wildman–Crippen LogP) is 2.81. The Hall–Kier alpha value is -0.690. The van der Waals surface area contributed by atoms with Gasteiger partial charge < -0.3 is 4.90 Å². The van der Waals surface area contributed by atoms with Gasteiger partial charge in [-0.3, -0.25) is 4.79 Å². The van der Waals surface area contributed by atoms with Crippen LogP contribution in [0.3, 0.4) is 0 Å². The number of piperidine rings is 1. The van der Waals surface area contributed by atoms with Gasteiger partial charge in [-0.1, -0.05) is 19.3 Å². The number of nitriles is 1. The van der Waals surface area contributed by atoms with Gasteiger partial charge in [0.2, 0.25) is 5.91 Å². The summed E-state index contributed by atoms with van der Waals surface area (Å²) in [5.41, 5.74) is 0. The number of hydrogen-bond acceptors (Lipinski definition) is 3. The van der Waals surface area contributed by atoms with E-state index in [0.717, 1.165) is 38.8 Å². The van der Waals surface area contributed by atoms with Crippen LogP contribution in [-0.2, 0) is 4.79 Å². The van der Waals surface area contributed by atoms with Crippen LogP contribution in [0, 0.1) is 17.2 Å². The van der Waals surface area contributed by atoms with Crippen molar-refractivity contribution >= 4 is 17.7 Å². The number of amides is 1. The van der Waals surface area contributed by atoms with E-state index in [4.69, 9.17) is 0 Å². The molecule has 18 heavy (non-hydrogen) atoms. The first kappa shape index (κ1) is 13.7. The second kappa shape index (κ2) is 5.97. The number of thioether (sulfide) groups is 1. The zero-order chi connectivity index (χ0) is 13.0. The summed E-state index contributed by atoms with van der Waals surface area (Å²) >= 11 is 1.64. The Morgan fingerprint density at radius 3 is 2.39 bits per heavy atom. The lowest BCUT2D eigenvalue weighted by Crippen LogP contribution is -2.46. The molecule has 0 bridgehead atoms. The zero-order valence-corrected chi connectivity index (χ0v) is 12.0. The van der Waals surface area contributed by atoms with Crippen molar-refractivity contribution < 1.29 is 4.79 Å². The second-order valence-corrected chi connectivity index (χ2v) is 6.66. The third kappa shape index (κ3) is 2.83. The summed E-state index contributed by atoms with van der Waals surface area (Å²) in [5.74, 6) is 0.616. The van der Waals surface area contributed by atoms with Gasteiger partial charge in [-0.15, -0.1) is 11.8 Å². The Morgan fingerprint density at radius 2 is 1.89 bits per heavy atom.